The summed E-state index contributed by atoms with van der Waals surface area (Å²) in [5, 5.41) is 0. The predicted molar refractivity (Wildman–Crippen MR) is 80.6 cm³/mol. The molecule has 0 radical (unpaired) electrons. The van der Waals surface area contributed by atoms with Crippen molar-refractivity contribution in [3.05, 3.63) is 59.3 Å². The molecule has 2 unspecified atom stereocenters. The maximum absolute atomic E-state index is 12.6. The Balaban J connectivity index is 2.33. The van der Waals surface area contributed by atoms with E-state index in [4.69, 9.17) is 4.74 Å². The van der Waals surface area contributed by atoms with Gasteiger partial charge in [-0.05, 0) is 17.7 Å². The van der Waals surface area contributed by atoms with Crippen molar-refractivity contribution in [2.24, 2.45) is 5.92 Å². The summed E-state index contributed by atoms with van der Waals surface area (Å²) in [6.07, 6.45) is 3.91. The Kier molecular flexibility index (Phi) is 4.40. The summed E-state index contributed by atoms with van der Waals surface area (Å²) < 4.78 is 5.49. The fourth-order valence-electron chi connectivity index (χ4n) is 2.60. The lowest BCUT2D eigenvalue weighted by molar-refractivity contribution is 0.0920. The van der Waals surface area contributed by atoms with Crippen LogP contribution in [-0.4, -0.2) is 38.0 Å². The highest BCUT2D eigenvalue weighted by Gasteiger charge is 2.30. The van der Waals surface area contributed by atoms with E-state index in [0.717, 1.165) is 16.8 Å². The van der Waals surface area contributed by atoms with Gasteiger partial charge in [0.1, 0.15) is 0 Å². The second kappa shape index (κ2) is 6.06. The molecular formula is C17H21NO2. The second-order valence-electron chi connectivity index (χ2n) is 5.20. The van der Waals surface area contributed by atoms with Crippen molar-refractivity contribution in [2.45, 2.75) is 13.0 Å². The number of nitrogens with zero attached hydrogens (tertiary/aromatic N) is 1. The molecule has 0 spiro atoms. The summed E-state index contributed by atoms with van der Waals surface area (Å²) in [5.41, 5.74) is 2.84. The molecule has 3 nitrogen and oxygen atoms in total. The van der Waals surface area contributed by atoms with Crippen LogP contribution in [0.5, 0.6) is 0 Å². The van der Waals surface area contributed by atoms with Crippen LogP contribution < -0.4 is 0 Å². The molecule has 0 heterocycles. The molecule has 20 heavy (non-hydrogen) atoms. The third-order valence-corrected chi connectivity index (χ3v) is 3.69. The lowest BCUT2D eigenvalue weighted by atomic mass is 9.89. The maximum atomic E-state index is 12.6. The quantitative estimate of drug-likeness (QED) is 0.771. The van der Waals surface area contributed by atoms with Crippen molar-refractivity contribution in [3.63, 3.8) is 0 Å². The van der Waals surface area contributed by atoms with Gasteiger partial charge in [0.25, 0.3) is 0 Å². The maximum Gasteiger partial charge on any atom is 0.169 e. The van der Waals surface area contributed by atoms with E-state index in [0.29, 0.717) is 0 Å². The molecule has 0 saturated heterocycles. The highest BCUT2D eigenvalue weighted by molar-refractivity contribution is 5.99. The van der Waals surface area contributed by atoms with Crippen molar-refractivity contribution in [1.82, 2.24) is 4.90 Å². The summed E-state index contributed by atoms with van der Waals surface area (Å²) in [6, 6.07) is 9.42. The summed E-state index contributed by atoms with van der Waals surface area (Å²) in [5.74, 6) is -0.0690. The highest BCUT2D eigenvalue weighted by atomic mass is 16.5. The smallest absolute Gasteiger partial charge is 0.169 e. The molecule has 1 aromatic carbocycles. The van der Waals surface area contributed by atoms with Crippen LogP contribution in [0.1, 0.15) is 17.3 Å². The van der Waals surface area contributed by atoms with Gasteiger partial charge < -0.3 is 9.64 Å². The Hall–Kier alpha value is -1.87. The number of ketones is 1. The van der Waals surface area contributed by atoms with Crippen molar-refractivity contribution in [1.29, 1.82) is 0 Å². The SMILES string of the molecule is COC1C=CC(N(C)C)=C1C(C)C(=O)c1ccccc1. The summed E-state index contributed by atoms with van der Waals surface area (Å²) in [4.78, 5) is 14.7. The van der Waals surface area contributed by atoms with E-state index in [9.17, 15) is 4.79 Å². The number of hydrogen-bond acceptors (Lipinski definition) is 3. The van der Waals surface area contributed by atoms with E-state index in [1.54, 1.807) is 7.11 Å². The van der Waals surface area contributed by atoms with Crippen molar-refractivity contribution in [3.8, 4) is 0 Å². The Morgan fingerprint density at radius 1 is 1.25 bits per heavy atom. The number of rotatable bonds is 5. The lowest BCUT2D eigenvalue weighted by Crippen LogP contribution is -2.25. The first-order valence-corrected chi connectivity index (χ1v) is 6.78. The average molecular weight is 271 g/mol. The predicted octanol–water partition coefficient (Wildman–Crippen LogP) is 2.91. The Morgan fingerprint density at radius 3 is 2.45 bits per heavy atom. The molecule has 0 aliphatic heterocycles. The zero-order valence-electron chi connectivity index (χ0n) is 12.5. The first-order valence-electron chi connectivity index (χ1n) is 6.78. The molecule has 0 fully saturated rings. The molecule has 0 N–H and O–H groups in total. The fraction of sp³-hybridized carbons (Fsp3) is 0.353. The van der Waals surface area contributed by atoms with Gasteiger partial charge in [0, 0.05) is 38.4 Å². The summed E-state index contributed by atoms with van der Waals surface area (Å²) in [6.45, 7) is 1.95. The monoisotopic (exact) mass is 271 g/mol. The van der Waals surface area contributed by atoms with E-state index < -0.39 is 0 Å². The van der Waals surface area contributed by atoms with E-state index >= 15 is 0 Å². The minimum Gasteiger partial charge on any atom is -0.378 e. The van der Waals surface area contributed by atoms with Crippen LogP contribution in [-0.2, 0) is 4.74 Å². The Morgan fingerprint density at radius 2 is 1.90 bits per heavy atom. The summed E-state index contributed by atoms with van der Waals surface area (Å²) in [7, 11) is 5.64. The van der Waals surface area contributed by atoms with Crippen LogP contribution in [0.25, 0.3) is 0 Å². The molecule has 3 heteroatoms. The number of allylic oxidation sites excluding steroid dienone is 1. The number of carbonyl (C=O) groups is 1. The van der Waals surface area contributed by atoms with Gasteiger partial charge in [-0.25, -0.2) is 0 Å². The topological polar surface area (TPSA) is 29.5 Å². The van der Waals surface area contributed by atoms with Gasteiger partial charge in [-0.15, -0.1) is 0 Å². The Labute approximate surface area is 120 Å². The first kappa shape index (κ1) is 14.5. The van der Waals surface area contributed by atoms with Crippen molar-refractivity contribution in [2.75, 3.05) is 21.2 Å². The molecule has 2 atom stereocenters. The van der Waals surface area contributed by atoms with Crippen LogP contribution in [0.15, 0.2) is 53.8 Å². The number of carbonyl (C=O) groups excluding carboxylic acids is 1. The average Bonchev–Trinajstić information content (AvgIpc) is 2.90. The van der Waals surface area contributed by atoms with Gasteiger partial charge in [0.05, 0.1) is 6.10 Å². The molecule has 0 saturated carbocycles. The number of Topliss-reactive ketones (excluding diaryl/α,β-unsaturated/α-hetero) is 1. The number of hydrogen-bond donors (Lipinski definition) is 0. The van der Waals surface area contributed by atoms with E-state index in [1.165, 1.54) is 0 Å². The number of ether oxygens (including phenoxy) is 1. The van der Waals surface area contributed by atoms with Gasteiger partial charge in [-0.3, -0.25) is 4.79 Å². The van der Waals surface area contributed by atoms with Gasteiger partial charge in [-0.2, -0.15) is 0 Å². The second-order valence-corrected chi connectivity index (χ2v) is 5.20. The molecule has 1 aliphatic rings. The number of likely N-dealkylation sites (N-methyl/N-ethyl adjacent to an activating group) is 1. The fourth-order valence-corrected chi connectivity index (χ4v) is 2.60. The third kappa shape index (κ3) is 2.68. The molecule has 0 aromatic heterocycles. The standard InChI is InChI=1S/C17H21NO2/c1-12(17(19)13-8-6-5-7-9-13)16-14(18(2)3)10-11-15(16)20-4/h5-12,15H,1-4H3. The van der Waals surface area contributed by atoms with Gasteiger partial charge in [-0.1, -0.05) is 37.3 Å². The molecule has 1 aliphatic carbocycles. The molecule has 2 rings (SSSR count). The van der Waals surface area contributed by atoms with Gasteiger partial charge >= 0.3 is 0 Å². The zero-order chi connectivity index (χ0) is 14.7. The molecule has 0 bridgehead atoms. The van der Waals surface area contributed by atoms with E-state index in [-0.39, 0.29) is 17.8 Å². The van der Waals surface area contributed by atoms with Crippen molar-refractivity contribution >= 4 is 5.78 Å². The van der Waals surface area contributed by atoms with Crippen LogP contribution in [0, 0.1) is 5.92 Å². The van der Waals surface area contributed by atoms with Gasteiger partial charge in [0.15, 0.2) is 5.78 Å². The third-order valence-electron chi connectivity index (χ3n) is 3.69. The normalized spacial score (nSPS) is 19.3. The number of methoxy groups -OCH3 is 1. The highest BCUT2D eigenvalue weighted by Crippen LogP contribution is 2.31. The van der Waals surface area contributed by atoms with E-state index in [2.05, 4.69) is 0 Å². The summed E-state index contributed by atoms with van der Waals surface area (Å²) >= 11 is 0. The minimum absolute atomic E-state index is 0.116. The zero-order valence-corrected chi connectivity index (χ0v) is 12.5. The number of benzene rings is 1. The molecule has 1 aromatic rings. The minimum atomic E-state index is -0.199. The lowest BCUT2D eigenvalue weighted by Gasteiger charge is -2.23. The van der Waals surface area contributed by atoms with Gasteiger partial charge in [0.2, 0.25) is 0 Å². The largest absolute Gasteiger partial charge is 0.378 e. The van der Waals surface area contributed by atoms with Crippen molar-refractivity contribution < 1.29 is 9.53 Å². The first-order chi connectivity index (χ1) is 9.56. The van der Waals surface area contributed by atoms with Crippen LogP contribution in [0.3, 0.4) is 0 Å². The molecule has 0 amide bonds. The van der Waals surface area contributed by atoms with Crippen LogP contribution in [0.4, 0.5) is 0 Å². The van der Waals surface area contributed by atoms with E-state index in [1.807, 2.05) is 68.4 Å². The molecular weight excluding hydrogens is 250 g/mol. The molecule has 106 valence electrons. The van der Waals surface area contributed by atoms with Crippen LogP contribution >= 0.6 is 0 Å². The Bertz CT molecular complexity index is 543. The van der Waals surface area contributed by atoms with Crippen LogP contribution in [0.2, 0.25) is 0 Å².